The molecule has 4 heteroatoms. The minimum absolute atomic E-state index is 0.00850. The molecule has 2 unspecified atom stereocenters. The van der Waals surface area contributed by atoms with E-state index in [1.807, 2.05) is 0 Å². The molecule has 0 aromatic heterocycles. The van der Waals surface area contributed by atoms with E-state index in [9.17, 15) is 4.79 Å². The van der Waals surface area contributed by atoms with Gasteiger partial charge in [0.15, 0.2) is 0 Å². The number of esters is 1. The van der Waals surface area contributed by atoms with Crippen LogP contribution in [0.2, 0.25) is 0 Å². The molecular weight excluding hydrogens is 475 g/mol. The first kappa shape index (κ1) is 27.6. The fraction of sp³-hybridized carbons (Fsp3) is 0.839. The molecule has 0 N–H and O–H groups in total. The topological polar surface area (TPSA) is 26.3 Å². The molecule has 4 rings (SSSR count). The Labute approximate surface area is 224 Å². The number of rotatable bonds is 6. The molecule has 198 valence electrons. The van der Waals surface area contributed by atoms with E-state index in [0.717, 1.165) is 32.1 Å². The molecule has 4 aliphatic rings. The van der Waals surface area contributed by atoms with Gasteiger partial charge in [-0.2, -0.15) is 0 Å². The van der Waals surface area contributed by atoms with Crippen LogP contribution in [0.4, 0.5) is 0 Å². The Hall–Kier alpha value is -0.470. The molecule has 2 fully saturated rings. The maximum Gasteiger partial charge on any atom is 0.302 e. The standard InChI is InChI=1S/C31H48Cl2O2/c1-18(2)17-25(32)28(33)19(3)22-10-11-23-21-9-12-26-29(5,6)27(35-20(4)34)14-16-31(26,8)24(21)13-15-30(22,23)7/h9,13,18-19,22-23,25-28H,10-12,14-17H2,1-8H3/t19-,22+,23-,25?,26-,27-,28?,30+,31+/m0/s1. The summed E-state index contributed by atoms with van der Waals surface area (Å²) in [7, 11) is 0. The van der Waals surface area contributed by atoms with Crippen LogP contribution >= 0.6 is 23.2 Å². The SMILES string of the molecule is CC(=O)O[C@H]1CC[C@]2(C)C3=CC[C@]4(C)[C@@H]([C@H](C)C(Cl)C(Cl)CC(C)C)CC[C@H]4C3=CC[C@H]2C1(C)C. The third-order valence-corrected chi connectivity index (χ3v) is 12.2. The number of alkyl halides is 2. The van der Waals surface area contributed by atoms with Crippen LogP contribution in [-0.4, -0.2) is 22.8 Å². The van der Waals surface area contributed by atoms with Gasteiger partial charge < -0.3 is 4.74 Å². The summed E-state index contributed by atoms with van der Waals surface area (Å²) in [4.78, 5) is 11.8. The first-order valence-electron chi connectivity index (χ1n) is 14.1. The van der Waals surface area contributed by atoms with Crippen molar-refractivity contribution < 1.29 is 9.53 Å². The minimum Gasteiger partial charge on any atom is -0.462 e. The molecule has 0 aromatic rings. The van der Waals surface area contributed by atoms with E-state index in [2.05, 4.69) is 60.6 Å². The number of halogens is 2. The zero-order valence-electron chi connectivity index (χ0n) is 23.3. The van der Waals surface area contributed by atoms with E-state index in [1.54, 1.807) is 18.1 Å². The number of carbonyl (C=O) groups excluding carboxylic acids is 1. The summed E-state index contributed by atoms with van der Waals surface area (Å²) in [6.45, 7) is 18.0. The quantitative estimate of drug-likeness (QED) is 0.257. The summed E-state index contributed by atoms with van der Waals surface area (Å²) in [5.41, 5.74) is 3.61. The summed E-state index contributed by atoms with van der Waals surface area (Å²) in [5.74, 6) is 2.54. The molecule has 0 bridgehead atoms. The summed E-state index contributed by atoms with van der Waals surface area (Å²) in [5, 5.41) is 0.0526. The van der Waals surface area contributed by atoms with Gasteiger partial charge in [0.05, 0.1) is 10.8 Å². The lowest BCUT2D eigenvalue weighted by Gasteiger charge is -2.59. The molecule has 9 atom stereocenters. The fourth-order valence-corrected chi connectivity index (χ4v) is 9.94. The van der Waals surface area contributed by atoms with Gasteiger partial charge >= 0.3 is 5.97 Å². The van der Waals surface area contributed by atoms with Crippen molar-refractivity contribution >= 4 is 29.2 Å². The van der Waals surface area contributed by atoms with Crippen LogP contribution in [0, 0.1) is 45.8 Å². The molecule has 0 aliphatic heterocycles. The van der Waals surface area contributed by atoms with Gasteiger partial charge in [-0.1, -0.05) is 60.6 Å². The number of carbonyl (C=O) groups is 1. The zero-order chi connectivity index (χ0) is 25.9. The Morgan fingerprint density at radius 2 is 1.77 bits per heavy atom. The Balaban J connectivity index is 1.59. The van der Waals surface area contributed by atoms with Crippen LogP contribution in [0.3, 0.4) is 0 Å². The Kier molecular flexibility index (Phi) is 7.63. The largest absolute Gasteiger partial charge is 0.462 e. The summed E-state index contributed by atoms with van der Waals surface area (Å²) < 4.78 is 5.83. The van der Waals surface area contributed by atoms with Gasteiger partial charge in [0.1, 0.15) is 6.10 Å². The highest BCUT2D eigenvalue weighted by Gasteiger charge is 2.59. The summed E-state index contributed by atoms with van der Waals surface area (Å²) in [6, 6.07) is 0. The van der Waals surface area contributed by atoms with Crippen molar-refractivity contribution in [2.45, 2.75) is 117 Å². The molecule has 0 saturated heterocycles. The molecule has 35 heavy (non-hydrogen) atoms. The van der Waals surface area contributed by atoms with Crippen LogP contribution in [0.5, 0.6) is 0 Å². The van der Waals surface area contributed by atoms with Crippen molar-refractivity contribution in [3.63, 3.8) is 0 Å². The monoisotopic (exact) mass is 522 g/mol. The van der Waals surface area contributed by atoms with Crippen LogP contribution in [0.1, 0.15) is 100 Å². The second kappa shape index (κ2) is 9.68. The molecule has 2 saturated carbocycles. The zero-order valence-corrected chi connectivity index (χ0v) is 24.8. The molecular formula is C31H48Cl2O2. The molecule has 0 radical (unpaired) electrons. The van der Waals surface area contributed by atoms with E-state index < -0.39 is 0 Å². The van der Waals surface area contributed by atoms with Gasteiger partial charge in [0.2, 0.25) is 0 Å². The summed E-state index contributed by atoms with van der Waals surface area (Å²) >= 11 is 13.8. The lowest BCUT2D eigenvalue weighted by molar-refractivity contribution is -0.165. The number of hydrogen-bond donors (Lipinski definition) is 0. The van der Waals surface area contributed by atoms with Crippen LogP contribution in [0.25, 0.3) is 0 Å². The summed E-state index contributed by atoms with van der Waals surface area (Å²) in [6.07, 6.45) is 12.9. The van der Waals surface area contributed by atoms with Crippen LogP contribution in [0.15, 0.2) is 23.3 Å². The lowest BCUT2D eigenvalue weighted by atomic mass is 9.46. The fourth-order valence-electron chi connectivity index (χ4n) is 9.07. The normalized spacial score (nSPS) is 40.5. The van der Waals surface area contributed by atoms with E-state index >= 15 is 0 Å². The minimum atomic E-state index is -0.150. The van der Waals surface area contributed by atoms with Crippen molar-refractivity contribution in [1.82, 2.24) is 0 Å². The number of fused-ring (bicyclic) bond motifs is 5. The lowest BCUT2D eigenvalue weighted by Crippen LogP contribution is -2.54. The molecule has 0 spiro atoms. The average Bonchev–Trinajstić information content (AvgIpc) is 3.11. The van der Waals surface area contributed by atoms with Crippen molar-refractivity contribution in [3.05, 3.63) is 23.3 Å². The van der Waals surface area contributed by atoms with Gasteiger partial charge in [-0.05, 0) is 96.5 Å². The van der Waals surface area contributed by atoms with Gasteiger partial charge in [-0.25, -0.2) is 0 Å². The van der Waals surface area contributed by atoms with Crippen LogP contribution in [-0.2, 0) is 9.53 Å². The van der Waals surface area contributed by atoms with Gasteiger partial charge in [0, 0.05) is 12.3 Å². The second-order valence-corrected chi connectivity index (χ2v) is 14.9. The third-order valence-electron chi connectivity index (χ3n) is 10.9. The highest BCUT2D eigenvalue weighted by molar-refractivity contribution is 6.30. The second-order valence-electron chi connectivity index (χ2n) is 13.8. The first-order chi connectivity index (χ1) is 16.2. The number of ether oxygens (including phenoxy) is 1. The van der Waals surface area contributed by atoms with E-state index in [4.69, 9.17) is 27.9 Å². The molecule has 4 aliphatic carbocycles. The third kappa shape index (κ3) is 4.56. The van der Waals surface area contributed by atoms with Crippen molar-refractivity contribution in [1.29, 1.82) is 0 Å². The number of allylic oxidation sites excluding steroid dienone is 4. The van der Waals surface area contributed by atoms with Gasteiger partial charge in [0.25, 0.3) is 0 Å². The van der Waals surface area contributed by atoms with Crippen molar-refractivity contribution in [3.8, 4) is 0 Å². The van der Waals surface area contributed by atoms with E-state index in [1.165, 1.54) is 12.8 Å². The Morgan fingerprint density at radius 3 is 2.40 bits per heavy atom. The van der Waals surface area contributed by atoms with Crippen molar-refractivity contribution in [2.24, 2.45) is 45.8 Å². The molecule has 2 nitrogen and oxygen atoms in total. The van der Waals surface area contributed by atoms with Crippen LogP contribution < -0.4 is 0 Å². The predicted molar refractivity (Wildman–Crippen MR) is 148 cm³/mol. The maximum atomic E-state index is 11.8. The van der Waals surface area contributed by atoms with Crippen molar-refractivity contribution in [2.75, 3.05) is 0 Å². The highest BCUT2D eigenvalue weighted by Crippen LogP contribution is 2.67. The van der Waals surface area contributed by atoms with E-state index in [0.29, 0.717) is 29.6 Å². The van der Waals surface area contributed by atoms with Gasteiger partial charge in [-0.3, -0.25) is 4.79 Å². The predicted octanol–water partition coefficient (Wildman–Crippen LogP) is 8.95. The smallest absolute Gasteiger partial charge is 0.302 e. The Morgan fingerprint density at radius 1 is 1.09 bits per heavy atom. The molecule has 0 heterocycles. The maximum absolute atomic E-state index is 11.8. The number of hydrogen-bond acceptors (Lipinski definition) is 2. The van der Waals surface area contributed by atoms with Gasteiger partial charge in [-0.15, -0.1) is 23.2 Å². The molecule has 0 amide bonds. The van der Waals surface area contributed by atoms with E-state index in [-0.39, 0.29) is 39.1 Å². The Bertz CT molecular complexity index is 888. The average molecular weight is 524 g/mol. The first-order valence-corrected chi connectivity index (χ1v) is 15.0. The molecule has 0 aromatic carbocycles. The highest BCUT2D eigenvalue weighted by atomic mass is 35.5.